The van der Waals surface area contributed by atoms with Crippen molar-refractivity contribution in [2.24, 2.45) is 0 Å². The maximum atomic E-state index is 13.1. The lowest BCUT2D eigenvalue weighted by molar-refractivity contribution is 0.150. The minimum atomic E-state index is -1.23. The van der Waals surface area contributed by atoms with Crippen LogP contribution in [0.4, 0.5) is 10.1 Å². The van der Waals surface area contributed by atoms with E-state index in [-0.39, 0.29) is 5.69 Å². The molecule has 0 saturated heterocycles. The van der Waals surface area contributed by atoms with Crippen molar-refractivity contribution in [3.63, 3.8) is 0 Å². The second-order valence-corrected chi connectivity index (χ2v) is 4.92. The molecule has 90 valence electrons. The lowest BCUT2D eigenvalue weighted by atomic mass is 10.3. The van der Waals surface area contributed by atoms with Crippen molar-refractivity contribution in [2.75, 3.05) is 24.7 Å². The highest BCUT2D eigenvalue weighted by atomic mass is 32.2. The van der Waals surface area contributed by atoms with E-state index in [1.807, 2.05) is 6.92 Å². The van der Waals surface area contributed by atoms with Gasteiger partial charge in [0.1, 0.15) is 5.82 Å². The molecule has 5 heteroatoms. The lowest BCUT2D eigenvalue weighted by Crippen LogP contribution is -2.07. The van der Waals surface area contributed by atoms with Gasteiger partial charge in [-0.1, -0.05) is 6.92 Å². The van der Waals surface area contributed by atoms with Gasteiger partial charge in [-0.15, -0.1) is 0 Å². The van der Waals surface area contributed by atoms with E-state index in [0.717, 1.165) is 6.42 Å². The number of nitrogens with two attached hydrogens (primary N) is 1. The minimum absolute atomic E-state index is 0.0722. The molecule has 0 saturated carbocycles. The average molecular weight is 245 g/mol. The van der Waals surface area contributed by atoms with Crippen molar-refractivity contribution in [2.45, 2.75) is 18.2 Å². The van der Waals surface area contributed by atoms with Gasteiger partial charge in [-0.2, -0.15) is 0 Å². The molecule has 1 aromatic rings. The SMILES string of the molecule is CCCOCCS(=O)c1ccc(N)c(F)c1. The first-order valence-corrected chi connectivity index (χ1v) is 6.48. The van der Waals surface area contributed by atoms with Crippen LogP contribution in [0.2, 0.25) is 0 Å². The van der Waals surface area contributed by atoms with Gasteiger partial charge in [0.2, 0.25) is 0 Å². The van der Waals surface area contributed by atoms with E-state index in [2.05, 4.69) is 0 Å². The van der Waals surface area contributed by atoms with E-state index in [0.29, 0.717) is 23.9 Å². The fraction of sp³-hybridized carbons (Fsp3) is 0.455. The van der Waals surface area contributed by atoms with Crippen LogP contribution in [-0.4, -0.2) is 23.2 Å². The standard InChI is InChI=1S/C11H16FNO2S/c1-2-5-15-6-7-16(14)9-3-4-11(13)10(12)8-9/h3-4,8H,2,5-7,13H2,1H3. The van der Waals surface area contributed by atoms with Gasteiger partial charge in [0.15, 0.2) is 0 Å². The monoisotopic (exact) mass is 245 g/mol. The second kappa shape index (κ2) is 6.60. The maximum absolute atomic E-state index is 13.1. The lowest BCUT2D eigenvalue weighted by Gasteiger charge is -2.04. The Bertz CT molecular complexity index is 371. The predicted octanol–water partition coefficient (Wildman–Crippen LogP) is 1.94. The third-order valence-electron chi connectivity index (χ3n) is 2.00. The fourth-order valence-corrected chi connectivity index (χ4v) is 2.11. The van der Waals surface area contributed by atoms with E-state index < -0.39 is 16.6 Å². The van der Waals surface area contributed by atoms with Crippen LogP contribution in [0.25, 0.3) is 0 Å². The summed E-state index contributed by atoms with van der Waals surface area (Å²) in [5, 5.41) is 0. The molecular formula is C11H16FNO2S. The zero-order chi connectivity index (χ0) is 12.0. The van der Waals surface area contributed by atoms with Crippen LogP contribution in [0.1, 0.15) is 13.3 Å². The minimum Gasteiger partial charge on any atom is -0.396 e. The number of hydrogen-bond acceptors (Lipinski definition) is 3. The molecule has 3 nitrogen and oxygen atoms in total. The maximum Gasteiger partial charge on any atom is 0.147 e. The molecular weight excluding hydrogens is 229 g/mol. The van der Waals surface area contributed by atoms with Crippen LogP contribution in [0.5, 0.6) is 0 Å². The topological polar surface area (TPSA) is 52.3 Å². The Morgan fingerprint density at radius 1 is 1.44 bits per heavy atom. The molecule has 16 heavy (non-hydrogen) atoms. The van der Waals surface area contributed by atoms with Crippen LogP contribution < -0.4 is 5.73 Å². The normalized spacial score (nSPS) is 12.6. The number of benzene rings is 1. The van der Waals surface area contributed by atoms with Crippen LogP contribution >= 0.6 is 0 Å². The van der Waals surface area contributed by atoms with Crippen molar-refractivity contribution in [3.8, 4) is 0 Å². The molecule has 0 aliphatic carbocycles. The van der Waals surface area contributed by atoms with E-state index >= 15 is 0 Å². The summed E-state index contributed by atoms with van der Waals surface area (Å²) < 4.78 is 30.0. The molecule has 0 spiro atoms. The highest BCUT2D eigenvalue weighted by Gasteiger charge is 2.06. The van der Waals surface area contributed by atoms with Crippen LogP contribution in [0.15, 0.2) is 23.1 Å². The zero-order valence-electron chi connectivity index (χ0n) is 9.24. The molecule has 0 heterocycles. The van der Waals surface area contributed by atoms with E-state index in [1.54, 1.807) is 6.07 Å². The molecule has 0 fully saturated rings. The number of anilines is 1. The van der Waals surface area contributed by atoms with Crippen LogP contribution in [0, 0.1) is 5.82 Å². The molecule has 0 aromatic heterocycles. The molecule has 1 unspecified atom stereocenters. The number of halogens is 1. The quantitative estimate of drug-likeness (QED) is 0.615. The average Bonchev–Trinajstić information content (AvgIpc) is 2.28. The van der Waals surface area contributed by atoms with Crippen molar-refractivity contribution in [1.82, 2.24) is 0 Å². The number of hydrogen-bond donors (Lipinski definition) is 1. The van der Waals surface area contributed by atoms with Gasteiger partial charge in [-0.25, -0.2) is 4.39 Å². The predicted molar refractivity (Wildman–Crippen MR) is 63.2 cm³/mol. The summed E-state index contributed by atoms with van der Waals surface area (Å²) in [7, 11) is -1.23. The van der Waals surface area contributed by atoms with Gasteiger partial charge in [0.05, 0.1) is 28.8 Å². The molecule has 0 bridgehead atoms. The largest absolute Gasteiger partial charge is 0.396 e. The van der Waals surface area contributed by atoms with Crippen molar-refractivity contribution < 1.29 is 13.3 Å². The Hall–Kier alpha value is -0.940. The van der Waals surface area contributed by atoms with E-state index in [4.69, 9.17) is 10.5 Å². The summed E-state index contributed by atoms with van der Waals surface area (Å²) in [6.07, 6.45) is 0.934. The van der Waals surface area contributed by atoms with Crippen molar-refractivity contribution in [1.29, 1.82) is 0 Å². The zero-order valence-corrected chi connectivity index (χ0v) is 10.1. The number of nitrogen functional groups attached to an aromatic ring is 1. The number of ether oxygens (including phenoxy) is 1. The third-order valence-corrected chi connectivity index (χ3v) is 3.31. The Balaban J connectivity index is 2.50. The summed E-state index contributed by atoms with van der Waals surface area (Å²) in [5.74, 6) is -0.149. The Morgan fingerprint density at radius 3 is 2.81 bits per heavy atom. The van der Waals surface area contributed by atoms with E-state index in [9.17, 15) is 8.60 Å². The van der Waals surface area contributed by atoms with Gasteiger partial charge in [0, 0.05) is 11.5 Å². The molecule has 0 aliphatic heterocycles. The van der Waals surface area contributed by atoms with Crippen LogP contribution in [0.3, 0.4) is 0 Å². The summed E-state index contributed by atoms with van der Waals surface area (Å²) >= 11 is 0. The summed E-state index contributed by atoms with van der Waals surface area (Å²) in [6, 6.07) is 4.22. The van der Waals surface area contributed by atoms with Crippen molar-refractivity contribution >= 4 is 16.5 Å². The molecule has 0 aliphatic rings. The summed E-state index contributed by atoms with van der Waals surface area (Å²) in [5.41, 5.74) is 5.40. The molecule has 0 radical (unpaired) electrons. The molecule has 0 amide bonds. The first kappa shape index (κ1) is 13.1. The molecule has 2 N–H and O–H groups in total. The molecule has 1 atom stereocenters. The highest BCUT2D eigenvalue weighted by molar-refractivity contribution is 7.85. The third kappa shape index (κ3) is 3.90. The Labute approximate surface area is 97.2 Å². The smallest absolute Gasteiger partial charge is 0.147 e. The summed E-state index contributed by atoms with van der Waals surface area (Å²) in [4.78, 5) is 0.451. The number of rotatable bonds is 6. The van der Waals surface area contributed by atoms with Crippen LogP contribution in [-0.2, 0) is 15.5 Å². The van der Waals surface area contributed by atoms with Gasteiger partial charge >= 0.3 is 0 Å². The van der Waals surface area contributed by atoms with Crippen molar-refractivity contribution in [3.05, 3.63) is 24.0 Å². The fourth-order valence-electron chi connectivity index (χ4n) is 1.15. The Morgan fingerprint density at radius 2 is 2.19 bits per heavy atom. The van der Waals surface area contributed by atoms with E-state index in [1.165, 1.54) is 12.1 Å². The molecule has 1 rings (SSSR count). The van der Waals surface area contributed by atoms with Gasteiger partial charge < -0.3 is 10.5 Å². The molecule has 1 aromatic carbocycles. The van der Waals surface area contributed by atoms with Gasteiger partial charge in [-0.05, 0) is 24.6 Å². The van der Waals surface area contributed by atoms with Gasteiger partial charge in [-0.3, -0.25) is 4.21 Å². The highest BCUT2D eigenvalue weighted by Crippen LogP contribution is 2.14. The first-order chi connectivity index (χ1) is 7.65. The first-order valence-electron chi connectivity index (χ1n) is 5.16. The summed E-state index contributed by atoms with van der Waals surface area (Å²) in [6.45, 7) is 3.09. The second-order valence-electron chi connectivity index (χ2n) is 3.35. The Kier molecular flexibility index (Phi) is 5.42. The van der Waals surface area contributed by atoms with Gasteiger partial charge in [0.25, 0.3) is 0 Å².